The van der Waals surface area contributed by atoms with E-state index in [0.717, 1.165) is 18.4 Å². The fourth-order valence-electron chi connectivity index (χ4n) is 7.57. The predicted molar refractivity (Wildman–Crippen MR) is 187 cm³/mol. The fourth-order valence-corrected chi connectivity index (χ4v) is 8.31. The van der Waals surface area contributed by atoms with Crippen molar-refractivity contribution in [1.29, 1.82) is 0 Å². The van der Waals surface area contributed by atoms with Crippen LogP contribution in [0.15, 0.2) is 36.4 Å². The monoisotopic (exact) mass is 807 g/mol. The van der Waals surface area contributed by atoms with Crippen LogP contribution in [0.2, 0.25) is 5.02 Å². The normalized spacial score (nSPS) is 18.7. The topological polar surface area (TPSA) is 165 Å². The third kappa shape index (κ3) is 6.49. The number of sulfonamides is 1. The Labute approximate surface area is 312 Å². The molecular formula is C34H28ClF6N9O4S. The van der Waals surface area contributed by atoms with Gasteiger partial charge in [0.25, 0.3) is 12.3 Å². The highest BCUT2D eigenvalue weighted by molar-refractivity contribution is 7.92. The quantitative estimate of drug-likeness (QED) is 0.130. The Morgan fingerprint density at radius 1 is 1.09 bits per heavy atom. The molecule has 3 aliphatic rings. The van der Waals surface area contributed by atoms with E-state index in [1.165, 1.54) is 23.9 Å². The number of aromatic nitrogens is 5. The molecule has 2 amide bonds. The molecule has 2 aromatic carbocycles. The van der Waals surface area contributed by atoms with Crippen molar-refractivity contribution in [2.45, 2.75) is 43.7 Å². The van der Waals surface area contributed by atoms with Crippen LogP contribution < -0.4 is 20.7 Å². The number of carbonyl (C=O) groups is 2. The van der Waals surface area contributed by atoms with Crippen LogP contribution in [0.3, 0.4) is 0 Å². The fraction of sp³-hybridized carbons (Fsp3) is 0.324. The van der Waals surface area contributed by atoms with E-state index in [1.54, 1.807) is 6.07 Å². The molecule has 0 radical (unpaired) electrons. The highest BCUT2D eigenvalue weighted by Gasteiger charge is 2.67. The minimum absolute atomic E-state index is 0.0194. The zero-order chi connectivity index (χ0) is 39.3. The SMILES string of the molecule is Cn1nc(NS(C)(=O)=O)c2c(Cl)ccc(-c3cc4c(nc3[C@H](Cc3cc(F)cc(F)c3)NC(=O)Cn3nc(C(F)F)c5c3C(F)(F)[C@@H]3C[C@H]53)NCC(=O)N4)c21. The first-order valence-corrected chi connectivity index (χ1v) is 18.9. The third-order valence-electron chi connectivity index (χ3n) is 9.74. The van der Waals surface area contributed by atoms with Gasteiger partial charge in [-0.15, -0.1) is 0 Å². The van der Waals surface area contributed by atoms with Crippen molar-refractivity contribution in [2.75, 3.05) is 28.2 Å². The second kappa shape index (κ2) is 12.9. The van der Waals surface area contributed by atoms with Crippen LogP contribution in [0.1, 0.15) is 53.0 Å². The number of aryl methyl sites for hydroxylation is 1. The van der Waals surface area contributed by atoms with E-state index in [4.69, 9.17) is 16.6 Å². The van der Waals surface area contributed by atoms with Crippen molar-refractivity contribution in [3.63, 3.8) is 0 Å². The highest BCUT2D eigenvalue weighted by atomic mass is 35.5. The van der Waals surface area contributed by atoms with Crippen molar-refractivity contribution in [2.24, 2.45) is 13.0 Å². The van der Waals surface area contributed by atoms with Crippen molar-refractivity contribution in [3.8, 4) is 11.1 Å². The van der Waals surface area contributed by atoms with Gasteiger partial charge in [0.1, 0.15) is 29.6 Å². The van der Waals surface area contributed by atoms with E-state index < -0.39 is 81.6 Å². The van der Waals surface area contributed by atoms with Crippen LogP contribution in [-0.4, -0.2) is 57.6 Å². The molecule has 3 aromatic heterocycles. The summed E-state index contributed by atoms with van der Waals surface area (Å²) in [6, 6.07) is 5.88. The van der Waals surface area contributed by atoms with Crippen LogP contribution in [0, 0.1) is 17.6 Å². The van der Waals surface area contributed by atoms with Gasteiger partial charge in [0, 0.05) is 35.7 Å². The molecule has 0 bridgehead atoms. The van der Waals surface area contributed by atoms with Crippen LogP contribution in [-0.2, 0) is 45.5 Å². The van der Waals surface area contributed by atoms with Crippen LogP contribution in [0.25, 0.3) is 22.0 Å². The van der Waals surface area contributed by atoms with Gasteiger partial charge < -0.3 is 16.0 Å². The molecule has 21 heteroatoms. The smallest absolute Gasteiger partial charge is 0.293 e. The van der Waals surface area contributed by atoms with E-state index in [2.05, 4.69) is 30.9 Å². The number of nitrogens with zero attached hydrogens (tertiary/aromatic N) is 5. The van der Waals surface area contributed by atoms with Gasteiger partial charge in [-0.3, -0.25) is 23.7 Å². The Bertz CT molecular complexity index is 2560. The van der Waals surface area contributed by atoms with E-state index in [0.29, 0.717) is 16.3 Å². The average Bonchev–Trinajstić information content (AvgIpc) is 3.62. The van der Waals surface area contributed by atoms with Gasteiger partial charge in [-0.2, -0.15) is 19.0 Å². The predicted octanol–water partition coefficient (Wildman–Crippen LogP) is 5.75. The Hall–Kier alpha value is -5.37. The number of fused-ring (bicyclic) bond motifs is 5. The van der Waals surface area contributed by atoms with Crippen LogP contribution in [0.4, 0.5) is 43.7 Å². The second-order valence-corrected chi connectivity index (χ2v) is 15.8. The van der Waals surface area contributed by atoms with Crippen LogP contribution in [0.5, 0.6) is 0 Å². The Morgan fingerprint density at radius 3 is 2.51 bits per heavy atom. The van der Waals surface area contributed by atoms with E-state index in [1.807, 2.05) is 0 Å². The molecule has 13 nitrogen and oxygen atoms in total. The largest absolute Gasteiger partial charge is 0.359 e. The average molecular weight is 808 g/mol. The molecule has 3 atom stereocenters. The summed E-state index contributed by atoms with van der Waals surface area (Å²) in [4.78, 5) is 31.0. The minimum Gasteiger partial charge on any atom is -0.359 e. The molecule has 1 fully saturated rings. The Kier molecular flexibility index (Phi) is 8.56. The molecule has 0 unspecified atom stereocenters. The molecule has 5 aromatic rings. The molecule has 0 spiro atoms. The summed E-state index contributed by atoms with van der Waals surface area (Å²) in [6.45, 7) is -1.11. The summed E-state index contributed by atoms with van der Waals surface area (Å²) in [5.41, 5.74) is -0.786. The van der Waals surface area contributed by atoms with Gasteiger partial charge in [0.15, 0.2) is 11.6 Å². The third-order valence-corrected chi connectivity index (χ3v) is 10.6. The van der Waals surface area contributed by atoms with Gasteiger partial charge in [0.2, 0.25) is 21.8 Å². The van der Waals surface area contributed by atoms with Crippen molar-refractivity contribution < 1.29 is 44.3 Å². The number of hydrogen-bond donors (Lipinski definition) is 4. The van der Waals surface area contributed by atoms with Gasteiger partial charge in [-0.25, -0.2) is 31.0 Å². The molecule has 4 N–H and O–H groups in total. The number of pyridine rings is 1. The Balaban J connectivity index is 1.28. The number of nitrogens with one attached hydrogen (secondary N) is 4. The lowest BCUT2D eigenvalue weighted by Crippen LogP contribution is -2.35. The highest BCUT2D eigenvalue weighted by Crippen LogP contribution is 2.68. The first-order chi connectivity index (χ1) is 25.9. The molecule has 1 saturated carbocycles. The minimum atomic E-state index is -3.84. The molecule has 55 heavy (non-hydrogen) atoms. The number of hydrogen-bond acceptors (Lipinski definition) is 8. The number of alkyl halides is 4. The van der Waals surface area contributed by atoms with Crippen molar-refractivity contribution in [3.05, 3.63) is 81.3 Å². The number of rotatable bonds is 10. The molecule has 2 aliphatic carbocycles. The molecular weight excluding hydrogens is 780 g/mol. The zero-order valence-corrected chi connectivity index (χ0v) is 30.1. The number of benzene rings is 2. The summed E-state index contributed by atoms with van der Waals surface area (Å²) in [5, 5.41) is 16.6. The number of anilines is 3. The second-order valence-electron chi connectivity index (χ2n) is 13.7. The number of carbonyl (C=O) groups excluding carboxylic acids is 2. The first kappa shape index (κ1) is 36.6. The maximum atomic E-state index is 15.4. The van der Waals surface area contributed by atoms with Crippen LogP contribution >= 0.6 is 11.6 Å². The molecule has 288 valence electrons. The van der Waals surface area contributed by atoms with Crippen molar-refractivity contribution >= 4 is 61.7 Å². The summed E-state index contributed by atoms with van der Waals surface area (Å²) >= 11 is 6.57. The van der Waals surface area contributed by atoms with E-state index in [9.17, 15) is 35.6 Å². The van der Waals surface area contributed by atoms with Gasteiger partial charge >= 0.3 is 0 Å². The first-order valence-electron chi connectivity index (χ1n) is 16.6. The Morgan fingerprint density at radius 2 is 1.82 bits per heavy atom. The summed E-state index contributed by atoms with van der Waals surface area (Å²) < 4.78 is 116. The molecule has 0 saturated heterocycles. The van der Waals surface area contributed by atoms with Gasteiger partial charge in [0.05, 0.1) is 46.1 Å². The summed E-state index contributed by atoms with van der Waals surface area (Å²) in [6.07, 6.45) is -2.57. The van der Waals surface area contributed by atoms with Crippen molar-refractivity contribution in [1.82, 2.24) is 29.9 Å². The lowest BCUT2D eigenvalue weighted by Gasteiger charge is -2.26. The molecule has 8 rings (SSSR count). The summed E-state index contributed by atoms with van der Waals surface area (Å²) in [5.74, 6) is -8.71. The van der Waals surface area contributed by atoms with Gasteiger partial charge in [-0.05, 0) is 48.6 Å². The van der Waals surface area contributed by atoms with E-state index in [-0.39, 0.29) is 75.0 Å². The number of halogens is 7. The van der Waals surface area contributed by atoms with Gasteiger partial charge in [-0.1, -0.05) is 17.7 Å². The molecule has 4 heterocycles. The zero-order valence-electron chi connectivity index (χ0n) is 28.5. The lowest BCUT2D eigenvalue weighted by molar-refractivity contribution is -0.123. The summed E-state index contributed by atoms with van der Waals surface area (Å²) in [7, 11) is -2.33. The standard InChI is InChI=1S/C34H28ClF6N9O4S/c1-49-29-16(3-4-20(35)26(29)33(47-49)48-55(2,53)54)17-10-22-32(42-11-23(51)44-22)45-27(17)21(7-13-5-14(36)8-15(37)6-13)43-24(52)12-50-30-25(28(46-50)31(38)39)18-9-19(18)34(30,40)41/h3-6,8,10,18-19,21,31H,7,9,11-12H2,1-2H3,(H,42,45)(H,43,52)(H,44,51)(H,47,48)/t18-,19+,21-/m0/s1. The lowest BCUT2D eigenvalue weighted by atomic mass is 9.93. The maximum absolute atomic E-state index is 15.4. The number of amides is 2. The van der Waals surface area contributed by atoms with E-state index >= 15 is 8.78 Å². The maximum Gasteiger partial charge on any atom is 0.293 e. The molecule has 1 aliphatic heterocycles.